The summed E-state index contributed by atoms with van der Waals surface area (Å²) in [5, 5.41) is 10.4. The first-order valence-electron chi connectivity index (χ1n) is 11.3. The molecule has 0 N–H and O–H groups in total. The van der Waals surface area contributed by atoms with Crippen LogP contribution in [0.2, 0.25) is 0 Å². The molecular formula is C27H26N3OP. The molecule has 32 heavy (non-hydrogen) atoms. The normalized spacial score (nSPS) is 17.3. The van der Waals surface area contributed by atoms with E-state index < -0.39 is 7.53 Å². The van der Waals surface area contributed by atoms with Crippen molar-refractivity contribution >= 4 is 28.5 Å². The molecule has 4 heterocycles. The molecule has 5 heteroatoms. The molecule has 0 saturated carbocycles. The summed E-state index contributed by atoms with van der Waals surface area (Å²) >= 11 is 0. The van der Waals surface area contributed by atoms with Gasteiger partial charge < -0.3 is 4.74 Å². The van der Waals surface area contributed by atoms with Crippen molar-refractivity contribution in [3.63, 3.8) is 0 Å². The number of nitrogens with zero attached hydrogens (tertiary/aromatic N) is 3. The molecule has 1 fully saturated rings. The molecule has 0 aliphatic carbocycles. The molecule has 0 amide bonds. The van der Waals surface area contributed by atoms with Crippen molar-refractivity contribution < 1.29 is 4.74 Å². The van der Waals surface area contributed by atoms with Crippen LogP contribution in [0.4, 0.5) is 0 Å². The number of hydrogen-bond acceptors (Lipinski definition) is 3. The van der Waals surface area contributed by atoms with Gasteiger partial charge in [0, 0.05) is 22.4 Å². The van der Waals surface area contributed by atoms with Crippen molar-refractivity contribution in [2.45, 2.75) is 32.4 Å². The molecule has 2 atom stereocenters. The van der Waals surface area contributed by atoms with Gasteiger partial charge in [0.25, 0.3) is 0 Å². The molecule has 0 radical (unpaired) electrons. The first-order valence-corrected chi connectivity index (χ1v) is 13.1. The maximum absolute atomic E-state index is 6.04. The van der Waals surface area contributed by atoms with Crippen molar-refractivity contribution in [3.8, 4) is 22.6 Å². The number of ether oxygens (including phenoxy) is 1. The average molecular weight is 439 g/mol. The Morgan fingerprint density at radius 2 is 1.75 bits per heavy atom. The lowest BCUT2D eigenvalue weighted by atomic mass is 10.1. The highest BCUT2D eigenvalue weighted by molar-refractivity contribution is 7.60. The van der Waals surface area contributed by atoms with Crippen molar-refractivity contribution in [1.29, 1.82) is 0 Å². The van der Waals surface area contributed by atoms with E-state index in [0.29, 0.717) is 0 Å². The fourth-order valence-corrected chi connectivity index (χ4v) is 7.23. The Bertz CT molecular complexity index is 1440. The molecule has 1 saturated heterocycles. The summed E-state index contributed by atoms with van der Waals surface area (Å²) in [5.74, 6) is 0. The number of rotatable bonds is 3. The van der Waals surface area contributed by atoms with Gasteiger partial charge in [-0.2, -0.15) is 5.10 Å². The van der Waals surface area contributed by atoms with Gasteiger partial charge in [-0.05, 0) is 61.8 Å². The Labute approximate surface area is 188 Å². The van der Waals surface area contributed by atoms with Gasteiger partial charge in [0.2, 0.25) is 0 Å². The standard InChI is InChI=1S/C27H26N3OP/c1-18-17-24(30(29-18)26-15-5-6-16-31-26)23-13-8-12-22(28-23)21-11-7-10-20-19-9-3-4-14-25(19)32(2)27(20)21/h3-4,7-14,17,26H,5-6,15-16H2,1-2H3. The third-order valence-electron chi connectivity index (χ3n) is 6.50. The zero-order chi connectivity index (χ0) is 21.7. The minimum Gasteiger partial charge on any atom is -0.356 e. The number of pyridine rings is 1. The molecule has 3 aromatic heterocycles. The Morgan fingerprint density at radius 1 is 0.938 bits per heavy atom. The van der Waals surface area contributed by atoms with Crippen LogP contribution in [0.5, 0.6) is 0 Å². The first-order chi connectivity index (χ1) is 15.7. The van der Waals surface area contributed by atoms with Gasteiger partial charge in [-0.3, -0.25) is 0 Å². The van der Waals surface area contributed by atoms with Gasteiger partial charge >= 0.3 is 0 Å². The van der Waals surface area contributed by atoms with Gasteiger partial charge in [-0.1, -0.05) is 48.5 Å². The van der Waals surface area contributed by atoms with E-state index in [0.717, 1.165) is 42.2 Å². The molecule has 4 nitrogen and oxygen atoms in total. The molecule has 2 aromatic carbocycles. The predicted octanol–water partition coefficient (Wildman–Crippen LogP) is 7.45. The minimum absolute atomic E-state index is 0.00291. The number of hydrogen-bond donors (Lipinski definition) is 0. The zero-order valence-electron chi connectivity index (χ0n) is 18.5. The quantitative estimate of drug-likeness (QED) is 0.293. The second kappa shape index (κ2) is 7.88. The second-order valence-electron chi connectivity index (χ2n) is 8.62. The fraction of sp³-hybridized carbons (Fsp3) is 0.259. The van der Waals surface area contributed by atoms with Crippen molar-refractivity contribution in [2.75, 3.05) is 6.61 Å². The van der Waals surface area contributed by atoms with Crippen LogP contribution in [0.1, 0.15) is 31.2 Å². The largest absolute Gasteiger partial charge is 0.356 e. The van der Waals surface area contributed by atoms with Gasteiger partial charge in [0.15, 0.2) is 6.23 Å². The molecule has 160 valence electrons. The maximum Gasteiger partial charge on any atom is 0.150 e. The molecule has 5 aromatic rings. The molecule has 1 aliphatic heterocycles. The van der Waals surface area contributed by atoms with E-state index in [1.54, 1.807) is 0 Å². The number of benzene rings is 2. The van der Waals surface area contributed by atoms with E-state index in [1.807, 2.05) is 11.6 Å². The van der Waals surface area contributed by atoms with Crippen LogP contribution in [-0.4, -0.2) is 21.4 Å². The third kappa shape index (κ3) is 3.18. The maximum atomic E-state index is 6.04. The van der Waals surface area contributed by atoms with Crippen LogP contribution in [0, 0.1) is 6.92 Å². The summed E-state index contributed by atoms with van der Waals surface area (Å²) in [5.41, 5.74) is 5.24. The molecule has 0 bridgehead atoms. The van der Waals surface area contributed by atoms with Crippen molar-refractivity contribution in [3.05, 3.63) is 72.4 Å². The van der Waals surface area contributed by atoms with Gasteiger partial charge in [0.1, 0.15) is 0 Å². The van der Waals surface area contributed by atoms with E-state index >= 15 is 0 Å². The van der Waals surface area contributed by atoms with Gasteiger partial charge in [-0.25, -0.2) is 9.67 Å². The van der Waals surface area contributed by atoms with Gasteiger partial charge in [-0.15, -0.1) is 7.53 Å². The summed E-state index contributed by atoms with van der Waals surface area (Å²) in [4.78, 5) is 5.15. The van der Waals surface area contributed by atoms with Crippen LogP contribution >= 0.6 is 7.53 Å². The van der Waals surface area contributed by atoms with Crippen molar-refractivity contribution in [2.24, 2.45) is 6.66 Å². The van der Waals surface area contributed by atoms with Gasteiger partial charge in [0.05, 0.1) is 22.8 Å². The Morgan fingerprint density at radius 3 is 2.62 bits per heavy atom. The first kappa shape index (κ1) is 19.7. The van der Waals surface area contributed by atoms with Crippen LogP contribution in [-0.2, 0) is 11.4 Å². The Hall–Kier alpha value is -2.94. The van der Waals surface area contributed by atoms with Crippen LogP contribution in [0.15, 0.2) is 66.7 Å². The van der Waals surface area contributed by atoms with Crippen molar-refractivity contribution in [1.82, 2.24) is 14.8 Å². The second-order valence-corrected chi connectivity index (χ2v) is 10.7. The third-order valence-corrected chi connectivity index (χ3v) is 8.77. The average Bonchev–Trinajstić information content (AvgIpc) is 3.38. The lowest BCUT2D eigenvalue weighted by Crippen LogP contribution is -2.20. The SMILES string of the molecule is Cc1cc(-c2cccc(-c3cccc4c5ccccc5p(C)c34)n2)n(C2CCCCO2)n1. The summed E-state index contributed by atoms with van der Waals surface area (Å²) in [7, 11) is -0.395. The van der Waals surface area contributed by atoms with Crippen LogP contribution in [0.3, 0.4) is 0 Å². The summed E-state index contributed by atoms with van der Waals surface area (Å²) < 4.78 is 8.08. The van der Waals surface area contributed by atoms with E-state index in [9.17, 15) is 0 Å². The number of fused-ring (bicyclic) bond motifs is 3. The molecule has 6 rings (SSSR count). The molecular weight excluding hydrogens is 413 g/mol. The highest BCUT2D eigenvalue weighted by Crippen LogP contribution is 2.50. The summed E-state index contributed by atoms with van der Waals surface area (Å²) in [6, 6.07) is 23.9. The molecule has 0 spiro atoms. The van der Waals surface area contributed by atoms with E-state index in [2.05, 4.69) is 73.4 Å². The predicted molar refractivity (Wildman–Crippen MR) is 133 cm³/mol. The minimum atomic E-state index is -0.395. The van der Waals surface area contributed by atoms with Crippen LogP contribution < -0.4 is 0 Å². The smallest absolute Gasteiger partial charge is 0.150 e. The van der Waals surface area contributed by atoms with Crippen LogP contribution in [0.25, 0.3) is 43.7 Å². The fourth-order valence-electron chi connectivity index (χ4n) is 5.01. The zero-order valence-corrected chi connectivity index (χ0v) is 19.3. The van der Waals surface area contributed by atoms with E-state index in [4.69, 9.17) is 14.8 Å². The highest BCUT2D eigenvalue weighted by Gasteiger charge is 2.22. The summed E-state index contributed by atoms with van der Waals surface area (Å²) in [6.07, 6.45) is 3.30. The topological polar surface area (TPSA) is 39.9 Å². The Kier molecular flexibility index (Phi) is 4.86. The number of aromatic nitrogens is 3. The number of aryl methyl sites for hydroxylation is 2. The lowest BCUT2D eigenvalue weighted by Gasteiger charge is -2.24. The molecule has 2 unspecified atom stereocenters. The van der Waals surface area contributed by atoms with E-state index in [-0.39, 0.29) is 6.23 Å². The Balaban J connectivity index is 1.51. The van der Waals surface area contributed by atoms with E-state index in [1.165, 1.54) is 33.0 Å². The highest BCUT2D eigenvalue weighted by atomic mass is 31.1. The monoisotopic (exact) mass is 439 g/mol. The lowest BCUT2D eigenvalue weighted by molar-refractivity contribution is -0.0385. The summed E-state index contributed by atoms with van der Waals surface area (Å²) in [6.45, 7) is 5.21. The molecule has 1 aliphatic rings.